The van der Waals surface area contributed by atoms with Crippen LogP contribution in [-0.2, 0) is 19.1 Å². The molecule has 18 heavy (non-hydrogen) atoms. The summed E-state index contributed by atoms with van der Waals surface area (Å²) in [7, 11) is 2.46. The van der Waals surface area contributed by atoms with E-state index in [4.69, 9.17) is 4.74 Å². The van der Waals surface area contributed by atoms with E-state index >= 15 is 0 Å². The van der Waals surface area contributed by atoms with Gasteiger partial charge in [-0.3, -0.25) is 9.59 Å². The summed E-state index contributed by atoms with van der Waals surface area (Å²) in [4.78, 5) is 23.1. The highest BCUT2D eigenvalue weighted by Gasteiger charge is 2.30. The first-order chi connectivity index (χ1) is 8.63. The highest BCUT2D eigenvalue weighted by molar-refractivity contribution is 6.00. The summed E-state index contributed by atoms with van der Waals surface area (Å²) in [5, 5.41) is 0. The van der Waals surface area contributed by atoms with E-state index in [1.165, 1.54) is 14.2 Å². The zero-order valence-corrected chi connectivity index (χ0v) is 10.6. The van der Waals surface area contributed by atoms with Gasteiger partial charge in [0.1, 0.15) is 5.75 Å². The summed E-state index contributed by atoms with van der Waals surface area (Å²) in [6.07, 6.45) is 0. The number of esters is 2. The van der Waals surface area contributed by atoms with Crippen molar-refractivity contribution >= 4 is 11.9 Å². The number of rotatable bonds is 5. The van der Waals surface area contributed by atoms with Crippen LogP contribution in [0.15, 0.2) is 24.3 Å². The van der Waals surface area contributed by atoms with Crippen molar-refractivity contribution < 1.29 is 23.8 Å². The Hall–Kier alpha value is -2.04. The maximum absolute atomic E-state index is 11.6. The Morgan fingerprint density at radius 3 is 1.94 bits per heavy atom. The molecule has 1 aromatic carbocycles. The molecule has 5 heteroatoms. The van der Waals surface area contributed by atoms with Crippen LogP contribution >= 0.6 is 0 Å². The van der Waals surface area contributed by atoms with E-state index in [-0.39, 0.29) is 0 Å². The summed E-state index contributed by atoms with van der Waals surface area (Å²) < 4.78 is 14.5. The average Bonchev–Trinajstić information content (AvgIpc) is 2.40. The molecule has 98 valence electrons. The fourth-order valence-corrected chi connectivity index (χ4v) is 1.53. The van der Waals surface area contributed by atoms with Crippen molar-refractivity contribution in [1.29, 1.82) is 0 Å². The van der Waals surface area contributed by atoms with Crippen molar-refractivity contribution in [2.75, 3.05) is 20.8 Å². The lowest BCUT2D eigenvalue weighted by molar-refractivity contribution is -0.154. The first kappa shape index (κ1) is 14.0. The Kier molecular flexibility index (Phi) is 5.17. The van der Waals surface area contributed by atoms with Crippen molar-refractivity contribution in [2.45, 2.75) is 12.8 Å². The SMILES string of the molecule is CCOc1ccc(C(C(=O)OC)C(=O)OC)cc1. The molecule has 0 spiro atoms. The minimum Gasteiger partial charge on any atom is -0.494 e. The van der Waals surface area contributed by atoms with Crippen LogP contribution in [0.5, 0.6) is 5.75 Å². The van der Waals surface area contributed by atoms with Crippen LogP contribution in [0.25, 0.3) is 0 Å². The molecule has 0 atom stereocenters. The van der Waals surface area contributed by atoms with Gasteiger partial charge in [-0.05, 0) is 24.6 Å². The molecular weight excluding hydrogens is 236 g/mol. The summed E-state index contributed by atoms with van der Waals surface area (Å²) in [5.41, 5.74) is 0.511. The first-order valence-corrected chi connectivity index (χ1v) is 5.52. The third-order valence-corrected chi connectivity index (χ3v) is 2.40. The molecule has 0 saturated carbocycles. The molecular formula is C13H16O5. The molecule has 0 saturated heterocycles. The van der Waals surface area contributed by atoms with E-state index in [1.54, 1.807) is 24.3 Å². The van der Waals surface area contributed by atoms with Crippen molar-refractivity contribution in [3.8, 4) is 5.75 Å². The second-order valence-corrected chi connectivity index (χ2v) is 3.48. The van der Waals surface area contributed by atoms with Gasteiger partial charge < -0.3 is 14.2 Å². The fraction of sp³-hybridized carbons (Fsp3) is 0.385. The average molecular weight is 252 g/mol. The van der Waals surface area contributed by atoms with Crippen LogP contribution in [0.2, 0.25) is 0 Å². The standard InChI is InChI=1S/C13H16O5/c1-4-18-10-7-5-9(6-8-10)11(12(14)16-2)13(15)17-3/h5-8,11H,4H2,1-3H3. The molecule has 0 aliphatic carbocycles. The Bertz CT molecular complexity index is 394. The van der Waals surface area contributed by atoms with Crippen molar-refractivity contribution in [2.24, 2.45) is 0 Å². The lowest BCUT2D eigenvalue weighted by Gasteiger charge is -2.13. The second kappa shape index (κ2) is 6.64. The molecule has 0 aromatic heterocycles. The largest absolute Gasteiger partial charge is 0.494 e. The minimum absolute atomic E-state index is 0.511. The van der Waals surface area contributed by atoms with Crippen LogP contribution in [0.3, 0.4) is 0 Å². The molecule has 1 rings (SSSR count). The van der Waals surface area contributed by atoms with Gasteiger partial charge >= 0.3 is 11.9 Å². The third-order valence-electron chi connectivity index (χ3n) is 2.40. The molecule has 0 bridgehead atoms. The van der Waals surface area contributed by atoms with Crippen LogP contribution in [0.4, 0.5) is 0 Å². The number of hydrogen-bond donors (Lipinski definition) is 0. The first-order valence-electron chi connectivity index (χ1n) is 5.52. The molecule has 0 radical (unpaired) electrons. The van der Waals surface area contributed by atoms with E-state index in [0.29, 0.717) is 17.9 Å². The smallest absolute Gasteiger partial charge is 0.324 e. The maximum Gasteiger partial charge on any atom is 0.324 e. The van der Waals surface area contributed by atoms with Gasteiger partial charge in [-0.1, -0.05) is 12.1 Å². The van der Waals surface area contributed by atoms with Crippen molar-refractivity contribution in [3.63, 3.8) is 0 Å². The zero-order chi connectivity index (χ0) is 13.5. The van der Waals surface area contributed by atoms with E-state index in [9.17, 15) is 9.59 Å². The Morgan fingerprint density at radius 1 is 1.06 bits per heavy atom. The van der Waals surface area contributed by atoms with Gasteiger partial charge in [0.25, 0.3) is 0 Å². The van der Waals surface area contributed by atoms with Gasteiger partial charge in [0.2, 0.25) is 0 Å². The van der Waals surface area contributed by atoms with E-state index in [2.05, 4.69) is 9.47 Å². The lowest BCUT2D eigenvalue weighted by Crippen LogP contribution is -2.24. The molecule has 0 fully saturated rings. The topological polar surface area (TPSA) is 61.8 Å². The molecule has 0 unspecified atom stereocenters. The predicted molar refractivity (Wildman–Crippen MR) is 64.4 cm³/mol. The maximum atomic E-state index is 11.6. The summed E-state index contributed by atoms with van der Waals surface area (Å²) >= 11 is 0. The Balaban J connectivity index is 2.98. The number of carbonyl (C=O) groups is 2. The van der Waals surface area contributed by atoms with Gasteiger partial charge in [-0.25, -0.2) is 0 Å². The summed E-state index contributed by atoms with van der Waals surface area (Å²) in [6, 6.07) is 6.67. The van der Waals surface area contributed by atoms with Crippen LogP contribution < -0.4 is 4.74 Å². The molecule has 1 aromatic rings. The minimum atomic E-state index is -1.06. The monoisotopic (exact) mass is 252 g/mol. The fourth-order valence-electron chi connectivity index (χ4n) is 1.53. The zero-order valence-electron chi connectivity index (χ0n) is 10.6. The number of ether oxygens (including phenoxy) is 3. The van der Waals surface area contributed by atoms with Gasteiger partial charge in [0, 0.05) is 0 Å². The third kappa shape index (κ3) is 3.23. The molecule has 0 aliphatic heterocycles. The quantitative estimate of drug-likeness (QED) is 0.587. The number of hydrogen-bond acceptors (Lipinski definition) is 5. The normalized spacial score (nSPS) is 10.0. The van der Waals surface area contributed by atoms with Gasteiger partial charge in [0.15, 0.2) is 5.92 Å². The Labute approximate surface area is 106 Å². The van der Waals surface area contributed by atoms with Gasteiger partial charge in [-0.2, -0.15) is 0 Å². The van der Waals surface area contributed by atoms with Crippen molar-refractivity contribution in [3.05, 3.63) is 29.8 Å². The Morgan fingerprint density at radius 2 is 1.56 bits per heavy atom. The van der Waals surface area contributed by atoms with Crippen LogP contribution in [0.1, 0.15) is 18.4 Å². The molecule has 0 aliphatic rings. The predicted octanol–water partition coefficient (Wildman–Crippen LogP) is 1.51. The summed E-state index contributed by atoms with van der Waals surface area (Å²) in [6.45, 7) is 2.43. The van der Waals surface area contributed by atoms with Gasteiger partial charge in [0.05, 0.1) is 20.8 Å². The van der Waals surface area contributed by atoms with E-state index < -0.39 is 17.9 Å². The molecule has 5 nitrogen and oxygen atoms in total. The van der Waals surface area contributed by atoms with E-state index in [1.807, 2.05) is 6.92 Å². The molecule has 0 amide bonds. The van der Waals surface area contributed by atoms with Gasteiger partial charge in [-0.15, -0.1) is 0 Å². The summed E-state index contributed by atoms with van der Waals surface area (Å²) in [5.74, 6) is -1.68. The highest BCUT2D eigenvalue weighted by atomic mass is 16.5. The van der Waals surface area contributed by atoms with Crippen molar-refractivity contribution in [1.82, 2.24) is 0 Å². The number of carbonyl (C=O) groups excluding carboxylic acids is 2. The lowest BCUT2D eigenvalue weighted by atomic mass is 9.99. The molecule has 0 heterocycles. The number of benzene rings is 1. The number of methoxy groups -OCH3 is 2. The van der Waals surface area contributed by atoms with E-state index in [0.717, 1.165) is 0 Å². The van der Waals surface area contributed by atoms with Crippen LogP contribution in [-0.4, -0.2) is 32.8 Å². The highest BCUT2D eigenvalue weighted by Crippen LogP contribution is 2.22. The van der Waals surface area contributed by atoms with Crippen LogP contribution in [0, 0.1) is 0 Å². The second-order valence-electron chi connectivity index (χ2n) is 3.48. The molecule has 0 N–H and O–H groups in total.